The van der Waals surface area contributed by atoms with Gasteiger partial charge in [-0.1, -0.05) is 0 Å². The van der Waals surface area contributed by atoms with Crippen LogP contribution in [0.4, 0.5) is 0 Å². The molecule has 1 aliphatic rings. The molecule has 0 bridgehead atoms. The molecule has 2 N–H and O–H groups in total. The summed E-state index contributed by atoms with van der Waals surface area (Å²) < 4.78 is 0. The maximum absolute atomic E-state index is 9.20. The monoisotopic (exact) mass is 116 g/mol. The maximum atomic E-state index is 9.20. The zero-order valence-electron chi connectivity index (χ0n) is 5.09. The molecule has 2 atom stereocenters. The highest BCUT2D eigenvalue weighted by atomic mass is 16.3. The van der Waals surface area contributed by atoms with Gasteiger partial charge in [-0.3, -0.25) is 0 Å². The molecule has 0 amide bonds. The van der Waals surface area contributed by atoms with E-state index in [0.29, 0.717) is 6.42 Å². The minimum Gasteiger partial charge on any atom is -0.393 e. The van der Waals surface area contributed by atoms with Crippen LogP contribution in [-0.2, 0) is 0 Å². The van der Waals surface area contributed by atoms with Crippen molar-refractivity contribution in [2.24, 2.45) is 0 Å². The lowest BCUT2D eigenvalue weighted by Crippen LogP contribution is -2.19. The highest BCUT2D eigenvalue weighted by molar-refractivity contribution is 4.84. The Morgan fingerprint density at radius 1 is 1.62 bits per heavy atom. The standard InChI is InChI=1S/C6H12O2/c1-6(8)3-2-5(7)4-6/h5,7-8H,2-4H2,1H3/t5-,6-/m0/s1. The maximum Gasteiger partial charge on any atom is 0.0645 e. The van der Waals surface area contributed by atoms with Gasteiger partial charge in [0.15, 0.2) is 0 Å². The fourth-order valence-corrected chi connectivity index (χ4v) is 1.19. The summed E-state index contributed by atoms with van der Waals surface area (Å²) in [5.41, 5.74) is -0.584. The molecule has 8 heavy (non-hydrogen) atoms. The normalized spacial score (nSPS) is 47.6. The molecule has 0 aromatic carbocycles. The number of aliphatic hydroxyl groups excluding tert-OH is 1. The summed E-state index contributed by atoms with van der Waals surface area (Å²) >= 11 is 0. The third-order valence-electron chi connectivity index (χ3n) is 1.69. The second-order valence-electron chi connectivity index (χ2n) is 2.89. The zero-order chi connectivity index (χ0) is 6.20. The van der Waals surface area contributed by atoms with Gasteiger partial charge in [-0.25, -0.2) is 0 Å². The third-order valence-corrected chi connectivity index (χ3v) is 1.69. The highest BCUT2D eigenvalue weighted by Gasteiger charge is 2.31. The number of rotatable bonds is 0. The van der Waals surface area contributed by atoms with Crippen LogP contribution in [0.15, 0.2) is 0 Å². The van der Waals surface area contributed by atoms with E-state index in [2.05, 4.69) is 0 Å². The summed E-state index contributed by atoms with van der Waals surface area (Å²) in [5, 5.41) is 18.1. The molecule has 0 spiro atoms. The van der Waals surface area contributed by atoms with Crippen LogP contribution in [-0.4, -0.2) is 21.9 Å². The van der Waals surface area contributed by atoms with E-state index in [4.69, 9.17) is 5.11 Å². The molecule has 2 nitrogen and oxygen atoms in total. The second-order valence-corrected chi connectivity index (χ2v) is 2.89. The Morgan fingerprint density at radius 2 is 2.25 bits per heavy atom. The van der Waals surface area contributed by atoms with Crippen LogP contribution in [0.1, 0.15) is 26.2 Å². The molecule has 0 saturated heterocycles. The van der Waals surface area contributed by atoms with Crippen LogP contribution in [0.2, 0.25) is 0 Å². The number of hydrogen-bond acceptors (Lipinski definition) is 2. The van der Waals surface area contributed by atoms with Gasteiger partial charge in [-0.2, -0.15) is 0 Å². The van der Waals surface area contributed by atoms with Gasteiger partial charge in [0.1, 0.15) is 0 Å². The van der Waals surface area contributed by atoms with Gasteiger partial charge in [-0.05, 0) is 19.8 Å². The molecule has 0 aliphatic heterocycles. The first-order chi connectivity index (χ1) is 3.60. The van der Waals surface area contributed by atoms with Gasteiger partial charge in [0, 0.05) is 6.42 Å². The summed E-state index contributed by atoms with van der Waals surface area (Å²) in [6, 6.07) is 0. The van der Waals surface area contributed by atoms with E-state index >= 15 is 0 Å². The average molecular weight is 116 g/mol. The Hall–Kier alpha value is -0.0800. The molecule has 0 heterocycles. The van der Waals surface area contributed by atoms with Crippen molar-refractivity contribution < 1.29 is 10.2 Å². The Morgan fingerprint density at radius 3 is 2.38 bits per heavy atom. The van der Waals surface area contributed by atoms with Gasteiger partial charge in [-0.15, -0.1) is 0 Å². The molecular weight excluding hydrogens is 104 g/mol. The summed E-state index contributed by atoms with van der Waals surface area (Å²) in [7, 11) is 0. The van der Waals surface area contributed by atoms with E-state index in [0.717, 1.165) is 12.8 Å². The molecule has 0 radical (unpaired) electrons. The number of hydrogen-bond donors (Lipinski definition) is 2. The van der Waals surface area contributed by atoms with Crippen molar-refractivity contribution in [3.63, 3.8) is 0 Å². The smallest absolute Gasteiger partial charge is 0.0645 e. The highest BCUT2D eigenvalue weighted by Crippen LogP contribution is 2.28. The van der Waals surface area contributed by atoms with Crippen molar-refractivity contribution in [1.29, 1.82) is 0 Å². The molecule has 0 unspecified atom stereocenters. The van der Waals surface area contributed by atoms with Gasteiger partial charge in [0.25, 0.3) is 0 Å². The van der Waals surface area contributed by atoms with Crippen LogP contribution < -0.4 is 0 Å². The summed E-state index contributed by atoms with van der Waals surface area (Å²) in [6.45, 7) is 1.77. The molecule has 2 heteroatoms. The SMILES string of the molecule is C[C@]1(O)CC[C@H](O)C1. The molecule has 48 valence electrons. The molecule has 0 aromatic heterocycles. The quantitative estimate of drug-likeness (QED) is 0.477. The summed E-state index contributed by atoms with van der Waals surface area (Å²) in [5.74, 6) is 0. The van der Waals surface area contributed by atoms with Crippen LogP contribution in [0, 0.1) is 0 Å². The predicted octanol–water partition coefficient (Wildman–Crippen LogP) is 0.282. The molecule has 1 fully saturated rings. The Bertz CT molecular complexity index is 88.5. The van der Waals surface area contributed by atoms with E-state index in [1.54, 1.807) is 6.92 Å². The first-order valence-corrected chi connectivity index (χ1v) is 3.01. The van der Waals surface area contributed by atoms with E-state index in [9.17, 15) is 5.11 Å². The van der Waals surface area contributed by atoms with Crippen LogP contribution in [0.5, 0.6) is 0 Å². The van der Waals surface area contributed by atoms with E-state index in [-0.39, 0.29) is 6.10 Å². The Labute approximate surface area is 49.1 Å². The zero-order valence-corrected chi connectivity index (χ0v) is 5.09. The first-order valence-electron chi connectivity index (χ1n) is 3.01. The minimum atomic E-state index is -0.584. The van der Waals surface area contributed by atoms with E-state index in [1.807, 2.05) is 0 Å². The lowest BCUT2D eigenvalue weighted by molar-refractivity contribution is 0.0505. The average Bonchev–Trinajstić information content (AvgIpc) is 1.82. The fraction of sp³-hybridized carbons (Fsp3) is 1.00. The minimum absolute atomic E-state index is 0.259. The van der Waals surface area contributed by atoms with Crippen LogP contribution in [0.3, 0.4) is 0 Å². The second kappa shape index (κ2) is 1.71. The van der Waals surface area contributed by atoms with E-state index < -0.39 is 5.60 Å². The molecule has 0 aromatic rings. The van der Waals surface area contributed by atoms with Gasteiger partial charge in [0.05, 0.1) is 11.7 Å². The van der Waals surface area contributed by atoms with Gasteiger partial charge in [0.2, 0.25) is 0 Å². The Kier molecular flexibility index (Phi) is 1.29. The van der Waals surface area contributed by atoms with Crippen molar-refractivity contribution >= 4 is 0 Å². The molecule has 1 aliphatic carbocycles. The van der Waals surface area contributed by atoms with Crippen molar-refractivity contribution in [2.75, 3.05) is 0 Å². The summed E-state index contributed by atoms with van der Waals surface area (Å²) in [6.07, 6.45) is 1.79. The molecule has 1 saturated carbocycles. The molecular formula is C6H12O2. The first kappa shape index (κ1) is 6.05. The van der Waals surface area contributed by atoms with E-state index in [1.165, 1.54) is 0 Å². The van der Waals surface area contributed by atoms with Crippen LogP contribution in [0.25, 0.3) is 0 Å². The van der Waals surface area contributed by atoms with Gasteiger partial charge >= 0.3 is 0 Å². The van der Waals surface area contributed by atoms with Crippen molar-refractivity contribution in [1.82, 2.24) is 0 Å². The lowest BCUT2D eigenvalue weighted by Gasteiger charge is -2.13. The van der Waals surface area contributed by atoms with Crippen molar-refractivity contribution in [3.05, 3.63) is 0 Å². The predicted molar refractivity (Wildman–Crippen MR) is 30.5 cm³/mol. The largest absolute Gasteiger partial charge is 0.393 e. The third kappa shape index (κ3) is 1.20. The summed E-state index contributed by atoms with van der Waals surface area (Å²) in [4.78, 5) is 0. The Balaban J connectivity index is 2.44. The number of aliphatic hydroxyl groups is 2. The topological polar surface area (TPSA) is 40.5 Å². The van der Waals surface area contributed by atoms with Gasteiger partial charge < -0.3 is 10.2 Å². The van der Waals surface area contributed by atoms with Crippen molar-refractivity contribution in [2.45, 2.75) is 37.9 Å². The van der Waals surface area contributed by atoms with Crippen molar-refractivity contribution in [3.8, 4) is 0 Å². The van der Waals surface area contributed by atoms with Crippen LogP contribution >= 0.6 is 0 Å². The molecule has 1 rings (SSSR count). The lowest BCUT2D eigenvalue weighted by atomic mass is 10.1. The fourth-order valence-electron chi connectivity index (χ4n) is 1.19.